The van der Waals surface area contributed by atoms with Crippen molar-refractivity contribution in [2.75, 3.05) is 13.1 Å². The summed E-state index contributed by atoms with van der Waals surface area (Å²) in [5.74, 6) is 0.0730. The summed E-state index contributed by atoms with van der Waals surface area (Å²) in [5.41, 5.74) is 1.86. The van der Waals surface area contributed by atoms with Gasteiger partial charge in [0.2, 0.25) is 0 Å². The van der Waals surface area contributed by atoms with Crippen molar-refractivity contribution in [2.45, 2.75) is 33.0 Å². The molecule has 0 saturated carbocycles. The largest absolute Gasteiger partial charge is 0.372 e. The Kier molecular flexibility index (Phi) is 4.07. The second-order valence-corrected chi connectivity index (χ2v) is 5.81. The van der Waals surface area contributed by atoms with Gasteiger partial charge in [0.1, 0.15) is 0 Å². The van der Waals surface area contributed by atoms with Crippen LogP contribution < -0.4 is 0 Å². The Morgan fingerprint density at radius 2 is 1.94 bits per heavy atom. The zero-order valence-electron chi connectivity index (χ0n) is 10.9. The molecule has 98 valence electrons. The fraction of sp³-hybridized carbons (Fsp3) is 0.500. The Morgan fingerprint density at radius 1 is 1.33 bits per heavy atom. The molecule has 3 nitrogen and oxygen atoms in total. The smallest absolute Gasteiger partial charge is 0.255 e. The summed E-state index contributed by atoms with van der Waals surface area (Å²) in [6, 6.07) is 5.82. The van der Waals surface area contributed by atoms with E-state index in [1.54, 1.807) is 0 Å². The highest BCUT2D eigenvalue weighted by molar-refractivity contribution is 9.10. The van der Waals surface area contributed by atoms with Crippen molar-refractivity contribution in [1.29, 1.82) is 0 Å². The molecule has 1 aromatic rings. The van der Waals surface area contributed by atoms with Crippen molar-refractivity contribution >= 4 is 21.8 Å². The van der Waals surface area contributed by atoms with E-state index in [-0.39, 0.29) is 18.1 Å². The van der Waals surface area contributed by atoms with Crippen LogP contribution >= 0.6 is 15.9 Å². The van der Waals surface area contributed by atoms with E-state index in [1.165, 1.54) is 0 Å². The second kappa shape index (κ2) is 5.41. The molecule has 1 aliphatic heterocycles. The highest BCUT2D eigenvalue weighted by atomic mass is 79.9. The van der Waals surface area contributed by atoms with E-state index in [4.69, 9.17) is 4.74 Å². The molecule has 0 aliphatic carbocycles. The standard InChI is InChI=1S/C14H18BrNO2/c1-9-4-5-12(13(15)6-9)14(17)16-7-10(2)18-11(3)8-16/h4-6,10-11H,7-8H2,1-3H3. The van der Waals surface area contributed by atoms with Crippen LogP contribution in [0.1, 0.15) is 29.8 Å². The van der Waals surface area contributed by atoms with E-state index in [0.29, 0.717) is 13.1 Å². The van der Waals surface area contributed by atoms with Gasteiger partial charge in [0.25, 0.3) is 5.91 Å². The zero-order chi connectivity index (χ0) is 13.3. The van der Waals surface area contributed by atoms with Crippen molar-refractivity contribution in [3.8, 4) is 0 Å². The van der Waals surface area contributed by atoms with Gasteiger partial charge in [-0.25, -0.2) is 0 Å². The van der Waals surface area contributed by atoms with Gasteiger partial charge in [-0.1, -0.05) is 6.07 Å². The van der Waals surface area contributed by atoms with Crippen LogP contribution in [0.4, 0.5) is 0 Å². The van der Waals surface area contributed by atoms with Crippen molar-refractivity contribution in [1.82, 2.24) is 4.90 Å². The third-order valence-electron chi connectivity index (χ3n) is 3.06. The molecule has 1 saturated heterocycles. The van der Waals surface area contributed by atoms with Crippen LogP contribution in [0.15, 0.2) is 22.7 Å². The summed E-state index contributed by atoms with van der Waals surface area (Å²) in [6.45, 7) is 7.32. The first-order valence-electron chi connectivity index (χ1n) is 6.18. The number of benzene rings is 1. The number of ether oxygens (including phenoxy) is 1. The number of halogens is 1. The van der Waals surface area contributed by atoms with Gasteiger partial charge in [-0.2, -0.15) is 0 Å². The van der Waals surface area contributed by atoms with Gasteiger partial charge in [-0.3, -0.25) is 4.79 Å². The molecule has 1 fully saturated rings. The first-order chi connectivity index (χ1) is 8.47. The number of morpholine rings is 1. The number of aryl methyl sites for hydroxylation is 1. The number of carbonyl (C=O) groups excluding carboxylic acids is 1. The minimum atomic E-state index is 0.0730. The quantitative estimate of drug-likeness (QED) is 0.798. The van der Waals surface area contributed by atoms with Gasteiger partial charge in [-0.05, 0) is 54.4 Å². The van der Waals surface area contributed by atoms with Crippen molar-refractivity contribution in [3.63, 3.8) is 0 Å². The molecule has 1 aromatic carbocycles. The van der Waals surface area contributed by atoms with E-state index in [0.717, 1.165) is 15.6 Å². The third-order valence-corrected chi connectivity index (χ3v) is 3.72. The molecule has 0 N–H and O–H groups in total. The van der Waals surface area contributed by atoms with Gasteiger partial charge >= 0.3 is 0 Å². The number of amides is 1. The first kappa shape index (κ1) is 13.6. The lowest BCUT2D eigenvalue weighted by Gasteiger charge is -2.35. The molecule has 0 spiro atoms. The zero-order valence-corrected chi connectivity index (χ0v) is 12.5. The summed E-state index contributed by atoms with van der Waals surface area (Å²) in [5, 5.41) is 0. The average Bonchev–Trinajstić information content (AvgIpc) is 2.26. The van der Waals surface area contributed by atoms with Crippen LogP contribution in [0.5, 0.6) is 0 Å². The van der Waals surface area contributed by atoms with Gasteiger partial charge in [0.05, 0.1) is 17.8 Å². The van der Waals surface area contributed by atoms with Crippen molar-refractivity contribution in [3.05, 3.63) is 33.8 Å². The fourth-order valence-electron chi connectivity index (χ4n) is 2.31. The van der Waals surface area contributed by atoms with Crippen LogP contribution in [-0.4, -0.2) is 36.1 Å². The van der Waals surface area contributed by atoms with E-state index in [9.17, 15) is 4.79 Å². The van der Waals surface area contributed by atoms with Crippen molar-refractivity contribution < 1.29 is 9.53 Å². The van der Waals surface area contributed by atoms with Crippen LogP contribution in [-0.2, 0) is 4.74 Å². The third kappa shape index (κ3) is 2.93. The minimum absolute atomic E-state index is 0.0730. The minimum Gasteiger partial charge on any atom is -0.372 e. The highest BCUT2D eigenvalue weighted by Gasteiger charge is 2.27. The monoisotopic (exact) mass is 311 g/mol. The molecule has 4 heteroatoms. The molecule has 2 atom stereocenters. The molecule has 1 heterocycles. The maximum atomic E-state index is 12.5. The maximum absolute atomic E-state index is 12.5. The molecule has 0 bridgehead atoms. The van der Waals surface area contributed by atoms with E-state index in [1.807, 2.05) is 43.9 Å². The topological polar surface area (TPSA) is 29.5 Å². The predicted molar refractivity (Wildman–Crippen MR) is 74.8 cm³/mol. The Balaban J connectivity index is 2.20. The maximum Gasteiger partial charge on any atom is 0.255 e. The lowest BCUT2D eigenvalue weighted by Crippen LogP contribution is -2.48. The SMILES string of the molecule is Cc1ccc(C(=O)N2CC(C)OC(C)C2)c(Br)c1. The molecular formula is C14H18BrNO2. The number of hydrogen-bond donors (Lipinski definition) is 0. The number of carbonyl (C=O) groups is 1. The van der Waals surface area contributed by atoms with Gasteiger partial charge in [0, 0.05) is 17.6 Å². The first-order valence-corrected chi connectivity index (χ1v) is 6.97. The molecule has 1 amide bonds. The molecule has 0 radical (unpaired) electrons. The molecule has 1 aliphatic rings. The van der Waals surface area contributed by atoms with E-state index >= 15 is 0 Å². The van der Waals surface area contributed by atoms with Gasteiger partial charge in [0.15, 0.2) is 0 Å². The lowest BCUT2D eigenvalue weighted by molar-refractivity contribution is -0.0586. The Morgan fingerprint density at radius 3 is 2.50 bits per heavy atom. The van der Waals surface area contributed by atoms with E-state index in [2.05, 4.69) is 15.9 Å². The summed E-state index contributed by atoms with van der Waals surface area (Å²) in [6.07, 6.45) is 0.198. The van der Waals surface area contributed by atoms with Gasteiger partial charge < -0.3 is 9.64 Å². The van der Waals surface area contributed by atoms with Gasteiger partial charge in [-0.15, -0.1) is 0 Å². The Hall–Kier alpha value is -0.870. The number of nitrogens with zero attached hydrogens (tertiary/aromatic N) is 1. The summed E-state index contributed by atoms with van der Waals surface area (Å²) in [7, 11) is 0. The number of rotatable bonds is 1. The van der Waals surface area contributed by atoms with Crippen LogP contribution in [0.25, 0.3) is 0 Å². The summed E-state index contributed by atoms with van der Waals surface area (Å²) < 4.78 is 6.51. The lowest BCUT2D eigenvalue weighted by atomic mass is 10.1. The Bertz CT molecular complexity index is 451. The fourth-order valence-corrected chi connectivity index (χ4v) is 2.97. The van der Waals surface area contributed by atoms with Crippen LogP contribution in [0, 0.1) is 6.92 Å². The number of hydrogen-bond acceptors (Lipinski definition) is 2. The Labute approximate surface area is 116 Å². The van der Waals surface area contributed by atoms with E-state index < -0.39 is 0 Å². The highest BCUT2D eigenvalue weighted by Crippen LogP contribution is 2.22. The molecule has 18 heavy (non-hydrogen) atoms. The summed E-state index contributed by atoms with van der Waals surface area (Å²) in [4.78, 5) is 14.3. The molecule has 2 rings (SSSR count). The molecular weight excluding hydrogens is 294 g/mol. The van der Waals surface area contributed by atoms with Crippen LogP contribution in [0.3, 0.4) is 0 Å². The van der Waals surface area contributed by atoms with Crippen LogP contribution in [0.2, 0.25) is 0 Å². The average molecular weight is 312 g/mol. The molecule has 0 aromatic heterocycles. The second-order valence-electron chi connectivity index (χ2n) is 4.95. The predicted octanol–water partition coefficient (Wildman–Crippen LogP) is 3.01. The summed E-state index contributed by atoms with van der Waals surface area (Å²) >= 11 is 3.47. The van der Waals surface area contributed by atoms with Crippen molar-refractivity contribution in [2.24, 2.45) is 0 Å². The normalized spacial score (nSPS) is 24.1. The molecule has 2 unspecified atom stereocenters.